The van der Waals surface area contributed by atoms with E-state index in [0.717, 1.165) is 16.5 Å². The van der Waals surface area contributed by atoms with Gasteiger partial charge in [0.25, 0.3) is 0 Å². The molecule has 1 radical (unpaired) electrons. The highest BCUT2D eigenvalue weighted by atomic mass is 16.1. The van der Waals surface area contributed by atoms with Gasteiger partial charge in [0.1, 0.15) is 5.78 Å². The van der Waals surface area contributed by atoms with Crippen molar-refractivity contribution in [3.8, 4) is 0 Å². The molecule has 0 unspecified atom stereocenters. The molecule has 2 heteroatoms. The molecule has 0 N–H and O–H groups in total. The molecule has 0 fully saturated rings. The van der Waals surface area contributed by atoms with Crippen LogP contribution in [0.1, 0.15) is 12.5 Å². The smallest absolute Gasteiger partial charge is 0.134 e. The van der Waals surface area contributed by atoms with Gasteiger partial charge in [-0.1, -0.05) is 18.2 Å². The first kappa shape index (κ1) is 8.88. The zero-order valence-corrected chi connectivity index (χ0v) is 7.95. The maximum atomic E-state index is 10.9. The minimum Gasteiger partial charge on any atom is -0.300 e. The van der Waals surface area contributed by atoms with Crippen LogP contribution < -0.4 is 0 Å². The number of Topliss-reactive ketones (excluding diaryl/α,β-unsaturated/α-hetero) is 1. The number of nitrogens with zero attached hydrogens (tertiary/aromatic N) is 1. The lowest BCUT2D eigenvalue weighted by molar-refractivity contribution is -0.116. The Balaban J connectivity index is 2.46. The van der Waals surface area contributed by atoms with E-state index in [9.17, 15) is 4.79 Å². The second kappa shape index (κ2) is 3.58. The van der Waals surface area contributed by atoms with E-state index in [1.165, 1.54) is 0 Å². The fraction of sp³-hybridized carbons (Fsp3) is 0.167. The Morgan fingerprint density at radius 2 is 2.21 bits per heavy atom. The van der Waals surface area contributed by atoms with Crippen molar-refractivity contribution >= 4 is 16.7 Å². The minimum absolute atomic E-state index is 0.137. The average Bonchev–Trinajstić information content (AvgIpc) is 2.17. The Morgan fingerprint density at radius 3 is 3.00 bits per heavy atom. The molecule has 0 spiro atoms. The summed E-state index contributed by atoms with van der Waals surface area (Å²) in [5.74, 6) is 0.137. The Bertz CT molecular complexity index is 476. The molecule has 1 aromatic carbocycles. The fourth-order valence-electron chi connectivity index (χ4n) is 1.40. The molecule has 1 heterocycles. The molecule has 14 heavy (non-hydrogen) atoms. The SMILES string of the molecule is CC(=O)Cc1[c]c2ccccc2nc1. The summed E-state index contributed by atoms with van der Waals surface area (Å²) in [5.41, 5.74) is 1.77. The quantitative estimate of drug-likeness (QED) is 0.716. The first-order valence-corrected chi connectivity index (χ1v) is 4.51. The maximum absolute atomic E-state index is 10.9. The lowest BCUT2D eigenvalue weighted by atomic mass is 10.1. The van der Waals surface area contributed by atoms with Crippen LogP contribution in [0.25, 0.3) is 10.9 Å². The zero-order chi connectivity index (χ0) is 9.97. The van der Waals surface area contributed by atoms with Crippen LogP contribution in [0.2, 0.25) is 0 Å². The van der Waals surface area contributed by atoms with Gasteiger partial charge < -0.3 is 0 Å². The lowest BCUT2D eigenvalue weighted by Crippen LogP contribution is -1.97. The molecule has 0 bridgehead atoms. The van der Waals surface area contributed by atoms with Crippen LogP contribution in [0.3, 0.4) is 0 Å². The van der Waals surface area contributed by atoms with Crippen molar-refractivity contribution in [2.75, 3.05) is 0 Å². The first-order chi connectivity index (χ1) is 6.75. The molecule has 2 nitrogen and oxygen atoms in total. The topological polar surface area (TPSA) is 30.0 Å². The highest BCUT2D eigenvalue weighted by molar-refractivity contribution is 5.81. The van der Waals surface area contributed by atoms with Crippen molar-refractivity contribution in [3.63, 3.8) is 0 Å². The zero-order valence-electron chi connectivity index (χ0n) is 7.95. The van der Waals surface area contributed by atoms with Crippen LogP contribution in [0.4, 0.5) is 0 Å². The molecule has 1 aromatic heterocycles. The van der Waals surface area contributed by atoms with Crippen LogP contribution in [-0.2, 0) is 11.2 Å². The van der Waals surface area contributed by atoms with E-state index in [4.69, 9.17) is 0 Å². The van der Waals surface area contributed by atoms with Crippen LogP contribution in [0, 0.1) is 6.07 Å². The van der Waals surface area contributed by atoms with Crippen molar-refractivity contribution in [2.45, 2.75) is 13.3 Å². The van der Waals surface area contributed by atoms with E-state index in [0.29, 0.717) is 6.42 Å². The van der Waals surface area contributed by atoms with E-state index >= 15 is 0 Å². The van der Waals surface area contributed by atoms with Gasteiger partial charge in [-0.2, -0.15) is 0 Å². The van der Waals surface area contributed by atoms with Gasteiger partial charge in [0, 0.05) is 18.0 Å². The largest absolute Gasteiger partial charge is 0.300 e. The Morgan fingerprint density at radius 1 is 1.43 bits per heavy atom. The molecule has 2 aromatic rings. The third kappa shape index (κ3) is 1.79. The predicted molar refractivity (Wildman–Crippen MR) is 55.0 cm³/mol. The molecule has 2 rings (SSSR count). The predicted octanol–water partition coefficient (Wildman–Crippen LogP) is 2.17. The molecule has 0 atom stereocenters. The molecule has 0 aliphatic heterocycles. The van der Waals surface area contributed by atoms with Crippen molar-refractivity contribution < 1.29 is 4.79 Å². The molecule has 0 amide bonds. The monoisotopic (exact) mass is 184 g/mol. The number of aromatic nitrogens is 1. The summed E-state index contributed by atoms with van der Waals surface area (Å²) in [5, 5.41) is 0.964. The van der Waals surface area contributed by atoms with Gasteiger partial charge in [-0.3, -0.25) is 9.78 Å². The van der Waals surface area contributed by atoms with Crippen molar-refractivity contribution in [3.05, 3.63) is 42.1 Å². The van der Waals surface area contributed by atoms with E-state index in [1.54, 1.807) is 13.1 Å². The number of carbonyl (C=O) groups is 1. The van der Waals surface area contributed by atoms with Crippen molar-refractivity contribution in [2.24, 2.45) is 0 Å². The van der Waals surface area contributed by atoms with Gasteiger partial charge in [-0.05, 0) is 24.6 Å². The summed E-state index contributed by atoms with van der Waals surface area (Å²) in [4.78, 5) is 15.2. The van der Waals surface area contributed by atoms with Gasteiger partial charge in [0.05, 0.1) is 5.52 Å². The summed E-state index contributed by atoms with van der Waals surface area (Å²) in [6.07, 6.45) is 2.13. The van der Waals surface area contributed by atoms with Crippen molar-refractivity contribution in [1.29, 1.82) is 0 Å². The lowest BCUT2D eigenvalue weighted by Gasteiger charge is -1.99. The fourth-order valence-corrected chi connectivity index (χ4v) is 1.40. The van der Waals surface area contributed by atoms with E-state index in [-0.39, 0.29) is 5.78 Å². The average molecular weight is 184 g/mol. The standard InChI is InChI=1S/C12H10NO/c1-9(14)6-10-7-11-4-2-3-5-12(11)13-8-10/h2-5,8H,6H2,1H3. The van der Waals surface area contributed by atoms with Gasteiger partial charge in [-0.25, -0.2) is 0 Å². The summed E-state index contributed by atoms with van der Waals surface area (Å²) in [6, 6.07) is 10.9. The number of hydrogen-bond donors (Lipinski definition) is 0. The third-order valence-electron chi connectivity index (χ3n) is 2.00. The van der Waals surface area contributed by atoms with Crippen LogP contribution in [0.5, 0.6) is 0 Å². The summed E-state index contributed by atoms with van der Waals surface area (Å²) < 4.78 is 0. The number of hydrogen-bond acceptors (Lipinski definition) is 2. The Kier molecular flexibility index (Phi) is 2.27. The molecule has 0 saturated heterocycles. The number of rotatable bonds is 2. The molecule has 0 aliphatic carbocycles. The van der Waals surface area contributed by atoms with E-state index in [1.807, 2.05) is 24.3 Å². The number of ketones is 1. The highest BCUT2D eigenvalue weighted by Gasteiger charge is 2.00. The Hall–Kier alpha value is -1.70. The van der Waals surface area contributed by atoms with Crippen LogP contribution in [-0.4, -0.2) is 10.8 Å². The van der Waals surface area contributed by atoms with Crippen LogP contribution >= 0.6 is 0 Å². The third-order valence-corrected chi connectivity index (χ3v) is 2.00. The highest BCUT2D eigenvalue weighted by Crippen LogP contribution is 2.12. The molecular formula is C12H10NO. The second-order valence-corrected chi connectivity index (χ2v) is 3.30. The number of fused-ring (bicyclic) bond motifs is 1. The molecule has 0 aliphatic rings. The van der Waals surface area contributed by atoms with Gasteiger partial charge >= 0.3 is 0 Å². The number of para-hydroxylation sites is 1. The second-order valence-electron chi connectivity index (χ2n) is 3.30. The van der Waals surface area contributed by atoms with Crippen molar-refractivity contribution in [1.82, 2.24) is 4.98 Å². The Labute approximate surface area is 82.6 Å². The minimum atomic E-state index is 0.137. The first-order valence-electron chi connectivity index (χ1n) is 4.51. The van der Waals surface area contributed by atoms with Gasteiger partial charge in [0.15, 0.2) is 0 Å². The number of benzene rings is 1. The normalized spacial score (nSPS) is 10.4. The van der Waals surface area contributed by atoms with E-state index in [2.05, 4.69) is 11.1 Å². The van der Waals surface area contributed by atoms with Crippen LogP contribution in [0.15, 0.2) is 30.5 Å². The summed E-state index contributed by atoms with van der Waals surface area (Å²) in [7, 11) is 0. The summed E-state index contributed by atoms with van der Waals surface area (Å²) in [6.45, 7) is 1.57. The summed E-state index contributed by atoms with van der Waals surface area (Å²) >= 11 is 0. The number of carbonyl (C=O) groups excluding carboxylic acids is 1. The van der Waals surface area contributed by atoms with Gasteiger partial charge in [0.2, 0.25) is 0 Å². The molecular weight excluding hydrogens is 174 g/mol. The number of pyridine rings is 1. The maximum Gasteiger partial charge on any atom is 0.134 e. The molecule has 69 valence electrons. The van der Waals surface area contributed by atoms with E-state index < -0.39 is 0 Å². The van der Waals surface area contributed by atoms with Gasteiger partial charge in [-0.15, -0.1) is 0 Å². The molecule has 0 saturated carbocycles.